The summed E-state index contributed by atoms with van der Waals surface area (Å²) in [6, 6.07) is 0. The first-order valence-electron chi connectivity index (χ1n) is 8.63. The maximum absolute atomic E-state index is 11.6. The van der Waals surface area contributed by atoms with Crippen LogP contribution in [-0.2, 0) is 8.99 Å². The van der Waals surface area contributed by atoms with Crippen molar-refractivity contribution in [1.29, 1.82) is 0 Å². The number of hydrogen-bond donors (Lipinski definition) is 1. The van der Waals surface area contributed by atoms with Crippen LogP contribution in [0.25, 0.3) is 0 Å². The molecule has 0 spiro atoms. The molecule has 1 rings (SSSR count). The van der Waals surface area contributed by atoms with Crippen molar-refractivity contribution in [3.63, 3.8) is 0 Å². The van der Waals surface area contributed by atoms with Crippen LogP contribution >= 0.6 is 7.37 Å². The van der Waals surface area contributed by atoms with Gasteiger partial charge in [-0.25, -0.2) is 0 Å². The molecule has 1 aliphatic carbocycles. The fourth-order valence-corrected chi connectivity index (χ4v) is 4.91. The van der Waals surface area contributed by atoms with Crippen molar-refractivity contribution >= 4 is 15.7 Å². The highest BCUT2D eigenvalue weighted by Crippen LogP contribution is 2.41. The molecular formula is C17H35O3PSi. The molecule has 1 aliphatic rings. The lowest BCUT2D eigenvalue weighted by molar-refractivity contribution is 0.191. The van der Waals surface area contributed by atoms with Crippen LogP contribution in [0.4, 0.5) is 0 Å². The minimum Gasteiger partial charge on any atom is -0.413 e. The Bertz CT molecular complexity index is 438. The van der Waals surface area contributed by atoms with Crippen molar-refractivity contribution in [2.24, 2.45) is 0 Å². The molecule has 0 saturated heterocycles. The van der Waals surface area contributed by atoms with E-state index in [1.807, 2.05) is 0 Å². The Hall–Kier alpha value is 0.107. The van der Waals surface area contributed by atoms with E-state index in [1.54, 1.807) is 6.92 Å². The molecule has 22 heavy (non-hydrogen) atoms. The van der Waals surface area contributed by atoms with Gasteiger partial charge in [0.2, 0.25) is 0 Å². The first-order valence-corrected chi connectivity index (χ1v) is 13.6. The maximum atomic E-state index is 11.6. The molecule has 3 nitrogen and oxygen atoms in total. The van der Waals surface area contributed by atoms with E-state index < -0.39 is 15.7 Å². The Morgan fingerprint density at radius 1 is 1.36 bits per heavy atom. The van der Waals surface area contributed by atoms with Crippen LogP contribution in [0.15, 0.2) is 11.6 Å². The summed E-state index contributed by atoms with van der Waals surface area (Å²) in [6.45, 7) is 13.3. The van der Waals surface area contributed by atoms with E-state index in [4.69, 9.17) is 4.43 Å². The lowest BCUT2D eigenvalue weighted by Gasteiger charge is -2.38. The molecule has 0 aromatic heterocycles. The second-order valence-electron chi connectivity index (χ2n) is 8.15. The molecule has 1 N–H and O–H groups in total. The van der Waals surface area contributed by atoms with E-state index in [2.05, 4.69) is 39.9 Å². The third-order valence-electron chi connectivity index (χ3n) is 5.18. The molecule has 0 saturated carbocycles. The molecular weight excluding hydrogens is 311 g/mol. The quantitative estimate of drug-likeness (QED) is 0.271. The molecule has 0 aliphatic heterocycles. The first-order chi connectivity index (χ1) is 9.97. The lowest BCUT2D eigenvalue weighted by Crippen LogP contribution is -2.43. The fourth-order valence-electron chi connectivity index (χ4n) is 2.51. The maximum Gasteiger partial charge on any atom is 0.200 e. The topological polar surface area (TPSA) is 46.5 Å². The van der Waals surface area contributed by atoms with Crippen molar-refractivity contribution in [2.75, 3.05) is 12.3 Å². The summed E-state index contributed by atoms with van der Waals surface area (Å²) in [4.78, 5) is 9.59. The van der Waals surface area contributed by atoms with Gasteiger partial charge in [0.05, 0.1) is 6.10 Å². The monoisotopic (exact) mass is 346 g/mol. The highest BCUT2D eigenvalue weighted by molar-refractivity contribution is 7.57. The summed E-state index contributed by atoms with van der Waals surface area (Å²) in [5, 5.41) is 0.262. The van der Waals surface area contributed by atoms with Gasteiger partial charge in [0.25, 0.3) is 0 Å². The van der Waals surface area contributed by atoms with Gasteiger partial charge in [-0.3, -0.25) is 4.57 Å². The van der Waals surface area contributed by atoms with Gasteiger partial charge < -0.3 is 9.32 Å². The van der Waals surface area contributed by atoms with Crippen molar-refractivity contribution in [3.8, 4) is 0 Å². The van der Waals surface area contributed by atoms with Crippen molar-refractivity contribution in [3.05, 3.63) is 11.6 Å². The minimum atomic E-state index is -2.83. The standard InChI is InChI=1S/C17H35O3PSi/c1-7-21(18,19)13-9-8-10-15-11-12-16(14-15)20-22(5,6)17(2,3)4/h11,16H,7-10,12-14H2,1-6H3,(H,18,19)/t16-/m0/s1. The van der Waals surface area contributed by atoms with Crippen LogP contribution in [-0.4, -0.2) is 31.6 Å². The average Bonchev–Trinajstić information content (AvgIpc) is 2.80. The van der Waals surface area contributed by atoms with Crippen molar-refractivity contribution < 1.29 is 13.9 Å². The van der Waals surface area contributed by atoms with Crippen LogP contribution in [0.3, 0.4) is 0 Å². The molecule has 0 amide bonds. The van der Waals surface area contributed by atoms with Gasteiger partial charge >= 0.3 is 0 Å². The summed E-state index contributed by atoms with van der Waals surface area (Å²) in [5.41, 5.74) is 1.48. The van der Waals surface area contributed by atoms with Crippen molar-refractivity contribution in [2.45, 2.75) is 84.0 Å². The summed E-state index contributed by atoms with van der Waals surface area (Å²) >= 11 is 0. The van der Waals surface area contributed by atoms with Crippen LogP contribution in [0.1, 0.15) is 59.8 Å². The van der Waals surface area contributed by atoms with Gasteiger partial charge in [-0.15, -0.1) is 0 Å². The van der Waals surface area contributed by atoms with E-state index in [9.17, 15) is 9.46 Å². The lowest BCUT2D eigenvalue weighted by atomic mass is 10.1. The molecule has 1 unspecified atom stereocenters. The van der Waals surface area contributed by atoms with Crippen LogP contribution < -0.4 is 0 Å². The predicted octanol–water partition coefficient (Wildman–Crippen LogP) is 5.56. The van der Waals surface area contributed by atoms with E-state index in [-0.39, 0.29) is 5.04 Å². The minimum absolute atomic E-state index is 0.262. The zero-order valence-corrected chi connectivity index (χ0v) is 17.2. The third kappa shape index (κ3) is 6.31. The Kier molecular flexibility index (Phi) is 7.13. The Morgan fingerprint density at radius 3 is 2.55 bits per heavy atom. The molecule has 0 aromatic carbocycles. The molecule has 130 valence electrons. The second-order valence-corrected chi connectivity index (χ2v) is 15.7. The van der Waals surface area contributed by atoms with E-state index in [0.717, 1.165) is 32.1 Å². The summed E-state index contributed by atoms with van der Waals surface area (Å²) < 4.78 is 18.1. The highest BCUT2D eigenvalue weighted by atomic mass is 31.2. The predicted molar refractivity (Wildman–Crippen MR) is 98.5 cm³/mol. The summed E-state index contributed by atoms with van der Waals surface area (Å²) in [6.07, 6.45) is 8.58. The summed E-state index contributed by atoms with van der Waals surface area (Å²) in [5.74, 6) is 0. The highest BCUT2D eigenvalue weighted by Gasteiger charge is 2.39. The first kappa shape index (κ1) is 20.2. The zero-order valence-electron chi connectivity index (χ0n) is 15.3. The molecule has 0 bridgehead atoms. The number of rotatable bonds is 8. The van der Waals surface area contributed by atoms with Crippen molar-refractivity contribution in [1.82, 2.24) is 0 Å². The Labute approximate surface area is 138 Å². The molecule has 0 heterocycles. The number of hydrogen-bond acceptors (Lipinski definition) is 2. The Morgan fingerprint density at radius 2 is 2.00 bits per heavy atom. The van der Waals surface area contributed by atoms with Gasteiger partial charge in [0, 0.05) is 12.3 Å². The van der Waals surface area contributed by atoms with E-state index in [0.29, 0.717) is 18.4 Å². The normalized spacial score (nSPS) is 22.5. The Balaban J connectivity index is 2.30. The van der Waals surface area contributed by atoms with E-state index in [1.165, 1.54) is 5.57 Å². The second kappa shape index (κ2) is 7.79. The SMILES string of the molecule is CCP(=O)(O)CCCCC1=CC[C@H](O[Si](C)(C)C(C)(C)C)C1. The van der Waals surface area contributed by atoms with Crippen LogP contribution in [0.5, 0.6) is 0 Å². The molecule has 5 heteroatoms. The van der Waals surface area contributed by atoms with Crippen LogP contribution in [0.2, 0.25) is 18.1 Å². The molecule has 0 fully saturated rings. The van der Waals surface area contributed by atoms with Gasteiger partial charge in [0.1, 0.15) is 0 Å². The fraction of sp³-hybridized carbons (Fsp3) is 0.882. The largest absolute Gasteiger partial charge is 0.413 e. The average molecular weight is 347 g/mol. The molecule has 0 radical (unpaired) electrons. The van der Waals surface area contributed by atoms with Gasteiger partial charge in [0.15, 0.2) is 15.7 Å². The molecule has 2 atom stereocenters. The third-order valence-corrected chi connectivity index (χ3v) is 11.7. The molecule has 0 aromatic rings. The van der Waals surface area contributed by atoms with Gasteiger partial charge in [-0.1, -0.05) is 39.3 Å². The van der Waals surface area contributed by atoms with Gasteiger partial charge in [-0.05, 0) is 50.2 Å². The van der Waals surface area contributed by atoms with Crippen LogP contribution in [0, 0.1) is 0 Å². The smallest absolute Gasteiger partial charge is 0.200 e. The van der Waals surface area contributed by atoms with Gasteiger partial charge in [-0.2, -0.15) is 0 Å². The summed E-state index contributed by atoms with van der Waals surface area (Å²) in [7, 11) is -4.50. The number of unbranched alkanes of at least 4 members (excludes halogenated alkanes) is 1. The zero-order chi connectivity index (χ0) is 17.0. The van der Waals surface area contributed by atoms with E-state index >= 15 is 0 Å².